The lowest BCUT2D eigenvalue weighted by molar-refractivity contribution is 0.266. The monoisotopic (exact) mass is 283 g/mol. The number of nitrogens with one attached hydrogen (secondary N) is 1. The Bertz CT molecular complexity index is 415. The third-order valence-corrected chi connectivity index (χ3v) is 5.88. The van der Waals surface area contributed by atoms with Crippen molar-refractivity contribution in [3.63, 3.8) is 0 Å². The Morgan fingerprint density at radius 1 is 1.39 bits per heavy atom. The molecule has 2 aliphatic carbocycles. The summed E-state index contributed by atoms with van der Waals surface area (Å²) < 4.78 is 0.956. The van der Waals surface area contributed by atoms with Crippen molar-refractivity contribution in [1.82, 2.24) is 5.32 Å². The van der Waals surface area contributed by atoms with Crippen molar-refractivity contribution in [2.75, 3.05) is 6.54 Å². The van der Waals surface area contributed by atoms with E-state index >= 15 is 0 Å². The molecular formula is C15H22ClNS. The standard InChI is InChI=1S/C15H22ClNS/c1-10-3-2-4-11(7-10)9-17-13-5-6-14-12(13)8-15(16)18-14/h8,10-11,13,17H,2-7,9H2,1H3. The Balaban J connectivity index is 1.55. The minimum Gasteiger partial charge on any atom is -0.310 e. The number of rotatable bonds is 3. The summed E-state index contributed by atoms with van der Waals surface area (Å²) in [6.45, 7) is 3.60. The van der Waals surface area contributed by atoms with E-state index in [1.54, 1.807) is 11.3 Å². The lowest BCUT2D eigenvalue weighted by Crippen LogP contribution is -2.28. The molecule has 2 aliphatic rings. The number of halogens is 1. The molecule has 1 N–H and O–H groups in total. The van der Waals surface area contributed by atoms with Gasteiger partial charge in [0.1, 0.15) is 0 Å². The van der Waals surface area contributed by atoms with E-state index < -0.39 is 0 Å². The van der Waals surface area contributed by atoms with Crippen LogP contribution in [-0.2, 0) is 6.42 Å². The lowest BCUT2D eigenvalue weighted by atomic mass is 9.82. The van der Waals surface area contributed by atoms with Crippen molar-refractivity contribution in [1.29, 1.82) is 0 Å². The Morgan fingerprint density at radius 2 is 2.28 bits per heavy atom. The zero-order valence-corrected chi connectivity index (χ0v) is 12.6. The van der Waals surface area contributed by atoms with Gasteiger partial charge in [-0.3, -0.25) is 0 Å². The largest absolute Gasteiger partial charge is 0.310 e. The second-order valence-electron chi connectivity index (χ2n) is 6.07. The summed E-state index contributed by atoms with van der Waals surface area (Å²) in [5, 5.41) is 3.79. The topological polar surface area (TPSA) is 12.0 Å². The molecule has 1 heterocycles. The molecule has 0 radical (unpaired) electrons. The predicted octanol–water partition coefficient (Wildman–Crippen LogP) is 4.80. The fraction of sp³-hybridized carbons (Fsp3) is 0.733. The molecule has 3 heteroatoms. The number of thiophene rings is 1. The van der Waals surface area contributed by atoms with Crippen LogP contribution in [0, 0.1) is 11.8 Å². The van der Waals surface area contributed by atoms with Gasteiger partial charge >= 0.3 is 0 Å². The first-order chi connectivity index (χ1) is 8.72. The molecule has 0 aliphatic heterocycles. The van der Waals surface area contributed by atoms with Gasteiger partial charge in [0.25, 0.3) is 0 Å². The van der Waals surface area contributed by atoms with Crippen molar-refractivity contribution in [3.8, 4) is 0 Å². The lowest BCUT2D eigenvalue weighted by Gasteiger charge is -2.28. The molecule has 1 nitrogen and oxygen atoms in total. The zero-order chi connectivity index (χ0) is 12.5. The van der Waals surface area contributed by atoms with Gasteiger partial charge in [-0.25, -0.2) is 0 Å². The summed E-state index contributed by atoms with van der Waals surface area (Å²) in [4.78, 5) is 1.51. The molecule has 0 amide bonds. The number of hydrogen-bond acceptors (Lipinski definition) is 2. The van der Waals surface area contributed by atoms with E-state index in [1.807, 2.05) is 0 Å². The molecule has 0 saturated heterocycles. The second-order valence-corrected chi connectivity index (χ2v) is 7.83. The molecule has 18 heavy (non-hydrogen) atoms. The normalized spacial score (nSPS) is 31.6. The van der Waals surface area contributed by atoms with Crippen molar-refractivity contribution in [2.24, 2.45) is 11.8 Å². The van der Waals surface area contributed by atoms with Gasteiger partial charge in [-0.05, 0) is 55.7 Å². The number of fused-ring (bicyclic) bond motifs is 1. The summed E-state index contributed by atoms with van der Waals surface area (Å²) in [6, 6.07) is 2.75. The summed E-state index contributed by atoms with van der Waals surface area (Å²) in [5.41, 5.74) is 1.48. The average molecular weight is 284 g/mol. The molecule has 1 fully saturated rings. The van der Waals surface area contributed by atoms with Crippen molar-refractivity contribution in [2.45, 2.75) is 51.5 Å². The highest BCUT2D eigenvalue weighted by atomic mass is 35.5. The Kier molecular flexibility index (Phi) is 3.97. The Morgan fingerprint density at radius 3 is 3.11 bits per heavy atom. The summed E-state index contributed by atoms with van der Waals surface area (Å²) in [5.74, 6) is 1.83. The molecule has 0 aromatic carbocycles. The van der Waals surface area contributed by atoms with Crippen LogP contribution in [0.4, 0.5) is 0 Å². The molecule has 1 saturated carbocycles. The average Bonchev–Trinajstić information content (AvgIpc) is 2.86. The van der Waals surface area contributed by atoms with Gasteiger partial charge in [0.15, 0.2) is 0 Å². The Labute approximate surface area is 119 Å². The highest BCUT2D eigenvalue weighted by Gasteiger charge is 2.26. The third-order valence-electron chi connectivity index (χ3n) is 4.55. The first-order valence-corrected chi connectivity index (χ1v) is 8.43. The van der Waals surface area contributed by atoms with Crippen LogP contribution in [0.3, 0.4) is 0 Å². The maximum Gasteiger partial charge on any atom is 0.0934 e. The quantitative estimate of drug-likeness (QED) is 0.840. The van der Waals surface area contributed by atoms with Crippen LogP contribution < -0.4 is 5.32 Å². The van der Waals surface area contributed by atoms with Crippen LogP contribution in [0.25, 0.3) is 0 Å². The maximum atomic E-state index is 6.10. The van der Waals surface area contributed by atoms with E-state index in [1.165, 1.54) is 55.5 Å². The molecule has 0 spiro atoms. The Hall–Kier alpha value is -0.0500. The molecule has 100 valence electrons. The van der Waals surface area contributed by atoms with Crippen LogP contribution in [0.15, 0.2) is 6.07 Å². The zero-order valence-electron chi connectivity index (χ0n) is 11.0. The minimum absolute atomic E-state index is 0.570. The molecule has 3 rings (SSSR count). The van der Waals surface area contributed by atoms with E-state index in [0.717, 1.165) is 16.2 Å². The molecule has 3 atom stereocenters. The molecule has 0 bridgehead atoms. The van der Waals surface area contributed by atoms with Crippen molar-refractivity contribution >= 4 is 22.9 Å². The number of aryl methyl sites for hydroxylation is 1. The first kappa shape index (κ1) is 13.0. The van der Waals surface area contributed by atoms with E-state index in [2.05, 4.69) is 18.3 Å². The molecule has 1 aromatic rings. The fourth-order valence-corrected chi connectivity index (χ4v) is 4.95. The summed E-state index contributed by atoms with van der Waals surface area (Å²) in [6.07, 6.45) is 8.17. The first-order valence-electron chi connectivity index (χ1n) is 7.24. The fourth-order valence-electron chi connectivity index (χ4n) is 3.60. The van der Waals surface area contributed by atoms with Crippen LogP contribution in [0.1, 0.15) is 55.5 Å². The van der Waals surface area contributed by atoms with E-state index in [0.29, 0.717) is 6.04 Å². The summed E-state index contributed by atoms with van der Waals surface area (Å²) in [7, 11) is 0. The SMILES string of the molecule is CC1CCCC(CNC2CCc3sc(Cl)cc32)C1. The molecule has 3 unspecified atom stereocenters. The second kappa shape index (κ2) is 5.52. The molecule has 1 aromatic heterocycles. The van der Waals surface area contributed by atoms with Crippen LogP contribution in [0.2, 0.25) is 4.34 Å². The molecular weight excluding hydrogens is 262 g/mol. The third kappa shape index (κ3) is 2.76. The van der Waals surface area contributed by atoms with Gasteiger partial charge in [-0.1, -0.05) is 31.4 Å². The van der Waals surface area contributed by atoms with Gasteiger partial charge in [-0.15, -0.1) is 11.3 Å². The van der Waals surface area contributed by atoms with Crippen LogP contribution >= 0.6 is 22.9 Å². The van der Waals surface area contributed by atoms with E-state index in [4.69, 9.17) is 11.6 Å². The highest BCUT2D eigenvalue weighted by molar-refractivity contribution is 7.16. The van der Waals surface area contributed by atoms with Gasteiger partial charge in [0.2, 0.25) is 0 Å². The number of hydrogen-bond donors (Lipinski definition) is 1. The summed E-state index contributed by atoms with van der Waals surface area (Å²) >= 11 is 7.87. The van der Waals surface area contributed by atoms with Gasteiger partial charge in [-0.2, -0.15) is 0 Å². The van der Waals surface area contributed by atoms with Gasteiger partial charge < -0.3 is 5.32 Å². The maximum absolute atomic E-state index is 6.10. The predicted molar refractivity (Wildman–Crippen MR) is 79.5 cm³/mol. The van der Waals surface area contributed by atoms with Crippen molar-refractivity contribution in [3.05, 3.63) is 20.8 Å². The van der Waals surface area contributed by atoms with Crippen LogP contribution in [0.5, 0.6) is 0 Å². The van der Waals surface area contributed by atoms with E-state index in [9.17, 15) is 0 Å². The van der Waals surface area contributed by atoms with Gasteiger partial charge in [0.05, 0.1) is 4.34 Å². The van der Waals surface area contributed by atoms with Crippen LogP contribution in [-0.4, -0.2) is 6.54 Å². The minimum atomic E-state index is 0.570. The van der Waals surface area contributed by atoms with Crippen molar-refractivity contribution < 1.29 is 0 Å². The smallest absolute Gasteiger partial charge is 0.0934 e. The van der Waals surface area contributed by atoms with E-state index in [-0.39, 0.29) is 0 Å². The highest BCUT2D eigenvalue weighted by Crippen LogP contribution is 2.39. The van der Waals surface area contributed by atoms with Gasteiger partial charge in [0, 0.05) is 10.9 Å².